The van der Waals surface area contributed by atoms with Crippen LogP contribution in [0.4, 0.5) is 14.6 Å². The van der Waals surface area contributed by atoms with E-state index in [1.54, 1.807) is 0 Å². The van der Waals surface area contributed by atoms with Gasteiger partial charge in [-0.3, -0.25) is 4.79 Å². The Morgan fingerprint density at radius 3 is 2.67 bits per heavy atom. The van der Waals surface area contributed by atoms with Crippen LogP contribution in [0.2, 0.25) is 5.28 Å². The summed E-state index contributed by atoms with van der Waals surface area (Å²) < 4.78 is 26.1. The summed E-state index contributed by atoms with van der Waals surface area (Å²) in [6, 6.07) is 2.41. The molecule has 0 aromatic carbocycles. The first-order valence-electron chi connectivity index (χ1n) is 4.68. The highest BCUT2D eigenvalue weighted by molar-refractivity contribution is 6.28. The minimum atomic E-state index is -1.34. The summed E-state index contributed by atoms with van der Waals surface area (Å²) in [7, 11) is 0. The van der Waals surface area contributed by atoms with Gasteiger partial charge in [-0.1, -0.05) is 0 Å². The Hall–Kier alpha value is -2.15. The molecule has 5 nitrogen and oxygen atoms in total. The molecule has 92 valence electrons. The lowest BCUT2D eigenvalue weighted by atomic mass is 10.2. The van der Waals surface area contributed by atoms with Crippen molar-refractivity contribution in [1.29, 1.82) is 0 Å². The molecule has 0 unspecified atom stereocenters. The molecule has 1 N–H and O–H groups in total. The molecule has 8 heteroatoms. The number of hydrogen-bond acceptors (Lipinski definition) is 4. The molecule has 0 radical (unpaired) electrons. The van der Waals surface area contributed by atoms with Crippen LogP contribution in [0.3, 0.4) is 0 Å². The smallest absolute Gasteiger partial charge is 0.260 e. The van der Waals surface area contributed by atoms with E-state index in [0.29, 0.717) is 0 Å². The minimum absolute atomic E-state index is 0.0748. The zero-order valence-corrected chi connectivity index (χ0v) is 9.45. The summed E-state index contributed by atoms with van der Waals surface area (Å²) in [6.07, 6.45) is 2.30. The largest absolute Gasteiger partial charge is 0.306 e. The fraction of sp³-hybridized carbons (Fsp3) is 0. The van der Waals surface area contributed by atoms with Gasteiger partial charge in [0.1, 0.15) is 5.82 Å². The number of pyridine rings is 1. The molecule has 2 aromatic rings. The van der Waals surface area contributed by atoms with Crippen molar-refractivity contribution in [3.63, 3.8) is 0 Å². The second kappa shape index (κ2) is 5.01. The lowest BCUT2D eigenvalue weighted by Gasteiger charge is -2.05. The monoisotopic (exact) mass is 270 g/mol. The third-order valence-corrected chi connectivity index (χ3v) is 2.14. The number of nitrogens with zero attached hydrogens (tertiary/aromatic N) is 3. The second-order valence-electron chi connectivity index (χ2n) is 3.13. The first-order valence-corrected chi connectivity index (χ1v) is 5.05. The van der Waals surface area contributed by atoms with Crippen molar-refractivity contribution in [3.05, 3.63) is 47.1 Å². The third-order valence-electron chi connectivity index (χ3n) is 1.96. The van der Waals surface area contributed by atoms with E-state index in [9.17, 15) is 13.6 Å². The maximum Gasteiger partial charge on any atom is 0.260 e. The molecule has 0 aliphatic heterocycles. The number of rotatable bonds is 2. The molecule has 2 aromatic heterocycles. The van der Waals surface area contributed by atoms with E-state index in [2.05, 4.69) is 20.3 Å². The summed E-state index contributed by atoms with van der Waals surface area (Å²) in [4.78, 5) is 22.0. The highest BCUT2D eigenvalue weighted by atomic mass is 35.5. The van der Waals surface area contributed by atoms with E-state index in [1.807, 2.05) is 0 Å². The van der Waals surface area contributed by atoms with Crippen LogP contribution in [0.25, 0.3) is 0 Å². The fourth-order valence-electron chi connectivity index (χ4n) is 1.18. The Morgan fingerprint density at radius 1 is 1.22 bits per heavy atom. The predicted molar refractivity (Wildman–Crippen MR) is 59.1 cm³/mol. The Balaban J connectivity index is 2.25. The molecule has 0 aliphatic carbocycles. The van der Waals surface area contributed by atoms with Gasteiger partial charge in [-0.2, -0.15) is 4.39 Å². The number of aromatic nitrogens is 3. The molecule has 18 heavy (non-hydrogen) atoms. The van der Waals surface area contributed by atoms with Gasteiger partial charge < -0.3 is 5.32 Å². The topological polar surface area (TPSA) is 67.8 Å². The molecule has 2 rings (SSSR count). The Labute approximate surface area is 105 Å². The highest BCUT2D eigenvalue weighted by Crippen LogP contribution is 2.12. The number of halogens is 3. The zero-order valence-electron chi connectivity index (χ0n) is 8.69. The number of anilines is 1. The molecule has 0 aliphatic rings. The van der Waals surface area contributed by atoms with Crippen LogP contribution in [0.5, 0.6) is 0 Å². The number of hydrogen-bond donors (Lipinski definition) is 1. The van der Waals surface area contributed by atoms with Crippen molar-refractivity contribution in [1.82, 2.24) is 15.0 Å². The van der Waals surface area contributed by atoms with Gasteiger partial charge in [0, 0.05) is 12.4 Å². The molecule has 0 spiro atoms. The maximum atomic E-state index is 13.3. The summed E-state index contributed by atoms with van der Waals surface area (Å²) >= 11 is 5.51. The summed E-state index contributed by atoms with van der Waals surface area (Å²) in [5.74, 6) is -3.45. The van der Waals surface area contributed by atoms with Crippen LogP contribution in [0.1, 0.15) is 10.4 Å². The Bertz CT molecular complexity index is 608. The van der Waals surface area contributed by atoms with Crippen molar-refractivity contribution in [3.8, 4) is 0 Å². The van der Waals surface area contributed by atoms with Crippen LogP contribution >= 0.6 is 11.6 Å². The standard InChI is InChI=1S/C10H5ClF2N4O/c11-10-15-4-2-6(17-10)16-9(18)5-1-3-14-8(13)7(5)12/h1-4H,(H,15,16,17,18). The van der Waals surface area contributed by atoms with E-state index in [4.69, 9.17) is 11.6 Å². The summed E-state index contributed by atoms with van der Waals surface area (Å²) in [6.45, 7) is 0. The van der Waals surface area contributed by atoms with Crippen molar-refractivity contribution < 1.29 is 13.6 Å². The van der Waals surface area contributed by atoms with Crippen molar-refractivity contribution in [2.75, 3.05) is 5.32 Å². The SMILES string of the molecule is O=C(Nc1ccnc(Cl)n1)c1ccnc(F)c1F. The fourth-order valence-corrected chi connectivity index (χ4v) is 1.33. The molecule has 1 amide bonds. The van der Waals surface area contributed by atoms with Crippen molar-refractivity contribution in [2.45, 2.75) is 0 Å². The maximum absolute atomic E-state index is 13.3. The van der Waals surface area contributed by atoms with E-state index < -0.39 is 23.2 Å². The summed E-state index contributed by atoms with van der Waals surface area (Å²) in [5, 5.41) is 2.18. The lowest BCUT2D eigenvalue weighted by molar-refractivity contribution is 0.102. The third kappa shape index (κ3) is 2.57. The molecule has 0 fully saturated rings. The predicted octanol–water partition coefficient (Wildman–Crippen LogP) is 2.06. The molecule has 2 heterocycles. The Morgan fingerprint density at radius 2 is 1.94 bits per heavy atom. The molecular weight excluding hydrogens is 266 g/mol. The van der Waals surface area contributed by atoms with Gasteiger partial charge in [0.05, 0.1) is 5.56 Å². The molecular formula is C10H5ClF2N4O. The van der Waals surface area contributed by atoms with Gasteiger partial charge >= 0.3 is 0 Å². The lowest BCUT2D eigenvalue weighted by Crippen LogP contribution is -2.16. The van der Waals surface area contributed by atoms with Gasteiger partial charge in [-0.05, 0) is 23.7 Å². The van der Waals surface area contributed by atoms with Crippen LogP contribution in [-0.2, 0) is 0 Å². The van der Waals surface area contributed by atoms with Crippen molar-refractivity contribution >= 4 is 23.3 Å². The minimum Gasteiger partial charge on any atom is -0.306 e. The number of carbonyl (C=O) groups is 1. The van der Waals surface area contributed by atoms with Gasteiger partial charge in [0.2, 0.25) is 11.2 Å². The zero-order chi connectivity index (χ0) is 13.1. The van der Waals surface area contributed by atoms with Gasteiger partial charge in [0.25, 0.3) is 5.91 Å². The van der Waals surface area contributed by atoms with Crippen LogP contribution in [-0.4, -0.2) is 20.9 Å². The van der Waals surface area contributed by atoms with Crippen LogP contribution in [0, 0.1) is 11.8 Å². The second-order valence-corrected chi connectivity index (χ2v) is 3.47. The van der Waals surface area contributed by atoms with E-state index in [0.717, 1.165) is 12.3 Å². The van der Waals surface area contributed by atoms with Crippen LogP contribution in [0.15, 0.2) is 24.5 Å². The van der Waals surface area contributed by atoms with E-state index in [-0.39, 0.29) is 11.1 Å². The molecule has 0 bridgehead atoms. The number of amides is 1. The molecule has 0 saturated carbocycles. The van der Waals surface area contributed by atoms with Gasteiger partial charge in [0.15, 0.2) is 5.82 Å². The van der Waals surface area contributed by atoms with Crippen LogP contribution < -0.4 is 5.32 Å². The van der Waals surface area contributed by atoms with Gasteiger partial charge in [-0.15, -0.1) is 0 Å². The van der Waals surface area contributed by atoms with Crippen molar-refractivity contribution in [2.24, 2.45) is 0 Å². The molecule has 0 atom stereocenters. The first-order chi connectivity index (χ1) is 8.58. The van der Waals surface area contributed by atoms with E-state index in [1.165, 1.54) is 12.3 Å². The number of nitrogens with one attached hydrogen (secondary N) is 1. The average Bonchev–Trinajstić information content (AvgIpc) is 2.32. The first kappa shape index (κ1) is 12.3. The summed E-state index contributed by atoms with van der Waals surface area (Å²) in [5.41, 5.74) is -0.475. The quantitative estimate of drug-likeness (QED) is 0.670. The molecule has 0 saturated heterocycles. The average molecular weight is 271 g/mol. The van der Waals surface area contributed by atoms with Gasteiger partial charge in [-0.25, -0.2) is 19.3 Å². The highest BCUT2D eigenvalue weighted by Gasteiger charge is 2.16. The normalized spacial score (nSPS) is 10.2. The number of carbonyl (C=O) groups excluding carboxylic acids is 1. The van der Waals surface area contributed by atoms with E-state index >= 15 is 0 Å². The Kier molecular flexibility index (Phi) is 3.42.